The Morgan fingerprint density at radius 2 is 1.90 bits per heavy atom. The van der Waals surface area contributed by atoms with E-state index in [1.165, 1.54) is 31.4 Å². The van der Waals surface area contributed by atoms with Crippen LogP contribution in [0, 0.1) is 0 Å². The maximum absolute atomic E-state index is 6.33. The lowest BCUT2D eigenvalue weighted by Gasteiger charge is -2.44. The van der Waals surface area contributed by atoms with Gasteiger partial charge in [-0.1, -0.05) is 40.0 Å². The summed E-state index contributed by atoms with van der Waals surface area (Å²) in [6, 6.07) is 6.03. The van der Waals surface area contributed by atoms with Gasteiger partial charge < -0.3 is 15.4 Å². The minimum atomic E-state index is -0.0477. The average Bonchev–Trinajstić information content (AvgIpc) is 2.51. The van der Waals surface area contributed by atoms with Gasteiger partial charge in [-0.25, -0.2) is 0 Å². The zero-order valence-corrected chi connectivity index (χ0v) is 13.8. The van der Waals surface area contributed by atoms with Gasteiger partial charge in [-0.3, -0.25) is 0 Å². The van der Waals surface area contributed by atoms with E-state index in [9.17, 15) is 0 Å². The zero-order chi connectivity index (χ0) is 15.3. The van der Waals surface area contributed by atoms with Crippen LogP contribution in [0.3, 0.4) is 0 Å². The molecule has 0 spiro atoms. The maximum atomic E-state index is 6.33. The molecule has 0 aliphatic carbocycles. The number of hydrogen-bond donors (Lipinski definition) is 1. The van der Waals surface area contributed by atoms with Gasteiger partial charge in [0.05, 0.1) is 12.2 Å². The number of anilines is 2. The lowest BCUT2D eigenvalue weighted by Crippen LogP contribution is -2.50. The molecule has 1 aliphatic heterocycles. The van der Waals surface area contributed by atoms with E-state index in [1.807, 2.05) is 12.1 Å². The van der Waals surface area contributed by atoms with E-state index >= 15 is 0 Å². The van der Waals surface area contributed by atoms with Crippen LogP contribution < -0.4 is 15.4 Å². The maximum Gasteiger partial charge on any atom is 0.143 e. The Morgan fingerprint density at radius 1 is 1.14 bits per heavy atom. The molecule has 1 aromatic carbocycles. The molecule has 0 saturated carbocycles. The van der Waals surface area contributed by atoms with E-state index in [0.29, 0.717) is 0 Å². The van der Waals surface area contributed by atoms with Crippen molar-refractivity contribution in [3.63, 3.8) is 0 Å². The van der Waals surface area contributed by atoms with Crippen LogP contribution in [0.25, 0.3) is 0 Å². The summed E-state index contributed by atoms with van der Waals surface area (Å²) in [6.07, 6.45) is 7.22. The molecule has 0 bridgehead atoms. The van der Waals surface area contributed by atoms with Gasteiger partial charge in [-0.15, -0.1) is 0 Å². The summed E-state index contributed by atoms with van der Waals surface area (Å²) in [5, 5.41) is 0. The highest BCUT2D eigenvalue weighted by molar-refractivity contribution is 5.66. The third kappa shape index (κ3) is 3.63. The molecule has 2 rings (SSSR count). The summed E-state index contributed by atoms with van der Waals surface area (Å²) in [5.74, 6) is 0.995. The Bertz CT molecular complexity index is 455. The molecule has 3 nitrogen and oxygen atoms in total. The summed E-state index contributed by atoms with van der Waals surface area (Å²) in [5.41, 5.74) is 7.91. The Morgan fingerprint density at radius 3 is 2.57 bits per heavy atom. The first kappa shape index (κ1) is 16.0. The van der Waals surface area contributed by atoms with Gasteiger partial charge in [-0.05, 0) is 37.5 Å². The number of nitrogens with zero attached hydrogens (tertiary/aromatic N) is 1. The number of hydrogen-bond acceptors (Lipinski definition) is 3. The van der Waals surface area contributed by atoms with Crippen LogP contribution in [-0.2, 0) is 0 Å². The molecule has 0 fully saturated rings. The van der Waals surface area contributed by atoms with Crippen LogP contribution in [0.5, 0.6) is 5.75 Å². The van der Waals surface area contributed by atoms with E-state index in [4.69, 9.17) is 10.5 Å². The van der Waals surface area contributed by atoms with E-state index in [1.54, 1.807) is 0 Å². The SMILES string of the molecule is CCCCCCN1CC(CC)(CC)Oc2ccc(N)cc21. The number of nitrogens with two attached hydrogens (primary N) is 1. The van der Waals surface area contributed by atoms with Gasteiger partial charge in [0.25, 0.3) is 0 Å². The van der Waals surface area contributed by atoms with E-state index < -0.39 is 0 Å². The van der Waals surface area contributed by atoms with Gasteiger partial charge in [0.1, 0.15) is 11.4 Å². The first-order valence-electron chi connectivity index (χ1n) is 8.47. The standard InChI is InChI=1S/C18H30N2O/c1-4-7-8-9-12-20-14-18(5-2,6-3)21-17-11-10-15(19)13-16(17)20/h10-11,13H,4-9,12,14,19H2,1-3H3. The fraction of sp³-hybridized carbons (Fsp3) is 0.667. The topological polar surface area (TPSA) is 38.5 Å². The van der Waals surface area contributed by atoms with Crippen molar-refractivity contribution < 1.29 is 4.74 Å². The normalized spacial score (nSPS) is 16.4. The number of benzene rings is 1. The molecule has 0 saturated heterocycles. The van der Waals surface area contributed by atoms with Gasteiger partial charge in [0.15, 0.2) is 0 Å². The number of nitrogen functional groups attached to an aromatic ring is 1. The van der Waals surface area contributed by atoms with Crippen molar-refractivity contribution in [2.75, 3.05) is 23.7 Å². The van der Waals surface area contributed by atoms with Crippen molar-refractivity contribution in [3.05, 3.63) is 18.2 Å². The van der Waals surface area contributed by atoms with Gasteiger partial charge in [0, 0.05) is 12.2 Å². The highest BCUT2D eigenvalue weighted by Gasteiger charge is 2.36. The molecule has 2 N–H and O–H groups in total. The predicted molar refractivity (Wildman–Crippen MR) is 91.2 cm³/mol. The van der Waals surface area contributed by atoms with Crippen LogP contribution >= 0.6 is 0 Å². The molecule has 118 valence electrons. The first-order chi connectivity index (χ1) is 10.1. The molecule has 21 heavy (non-hydrogen) atoms. The molecule has 1 aliphatic rings. The molecular weight excluding hydrogens is 260 g/mol. The predicted octanol–water partition coefficient (Wildman–Crippen LogP) is 4.61. The molecule has 0 amide bonds. The molecule has 1 aromatic rings. The Hall–Kier alpha value is -1.38. The smallest absolute Gasteiger partial charge is 0.143 e. The van der Waals surface area contributed by atoms with Crippen LogP contribution in [0.4, 0.5) is 11.4 Å². The summed E-state index contributed by atoms with van der Waals surface area (Å²) >= 11 is 0. The monoisotopic (exact) mass is 290 g/mol. The van der Waals surface area contributed by atoms with Crippen molar-refractivity contribution >= 4 is 11.4 Å². The zero-order valence-electron chi connectivity index (χ0n) is 13.8. The van der Waals surface area contributed by atoms with E-state index in [0.717, 1.165) is 37.4 Å². The summed E-state index contributed by atoms with van der Waals surface area (Å²) in [6.45, 7) is 8.77. The molecule has 3 heteroatoms. The second-order valence-corrected chi connectivity index (χ2v) is 6.20. The highest BCUT2D eigenvalue weighted by Crippen LogP contribution is 2.40. The molecule has 0 aromatic heterocycles. The number of unbranched alkanes of at least 4 members (excludes halogenated alkanes) is 3. The molecular formula is C18H30N2O. The molecule has 0 atom stereocenters. The van der Waals surface area contributed by atoms with Crippen molar-refractivity contribution in [1.29, 1.82) is 0 Å². The minimum Gasteiger partial charge on any atom is -0.483 e. The molecule has 1 heterocycles. The van der Waals surface area contributed by atoms with Gasteiger partial charge >= 0.3 is 0 Å². The minimum absolute atomic E-state index is 0.0477. The van der Waals surface area contributed by atoms with E-state index in [2.05, 4.69) is 31.7 Å². The summed E-state index contributed by atoms with van der Waals surface area (Å²) < 4.78 is 6.33. The third-order valence-electron chi connectivity index (χ3n) is 4.70. The van der Waals surface area contributed by atoms with Crippen LogP contribution in [0.2, 0.25) is 0 Å². The van der Waals surface area contributed by atoms with Crippen molar-refractivity contribution in [2.45, 2.75) is 64.9 Å². The Balaban J connectivity index is 2.19. The number of fused-ring (bicyclic) bond motifs is 1. The van der Waals surface area contributed by atoms with Crippen LogP contribution in [0.1, 0.15) is 59.3 Å². The molecule has 0 radical (unpaired) electrons. The Kier molecular flexibility index (Phi) is 5.38. The second kappa shape index (κ2) is 7.06. The highest BCUT2D eigenvalue weighted by atomic mass is 16.5. The number of rotatable bonds is 7. The van der Waals surface area contributed by atoms with Crippen molar-refractivity contribution in [3.8, 4) is 5.75 Å². The van der Waals surface area contributed by atoms with Gasteiger partial charge in [0.2, 0.25) is 0 Å². The van der Waals surface area contributed by atoms with Crippen LogP contribution in [0.15, 0.2) is 18.2 Å². The quantitative estimate of drug-likeness (QED) is 0.589. The first-order valence-corrected chi connectivity index (χ1v) is 8.47. The second-order valence-electron chi connectivity index (χ2n) is 6.20. The van der Waals surface area contributed by atoms with Crippen molar-refractivity contribution in [2.24, 2.45) is 0 Å². The van der Waals surface area contributed by atoms with Crippen LogP contribution in [-0.4, -0.2) is 18.7 Å². The number of ether oxygens (including phenoxy) is 1. The average molecular weight is 290 g/mol. The fourth-order valence-electron chi connectivity index (χ4n) is 3.11. The summed E-state index contributed by atoms with van der Waals surface area (Å²) in [4.78, 5) is 2.48. The fourth-order valence-corrected chi connectivity index (χ4v) is 3.11. The third-order valence-corrected chi connectivity index (χ3v) is 4.70. The largest absolute Gasteiger partial charge is 0.483 e. The lowest BCUT2D eigenvalue weighted by molar-refractivity contribution is 0.0574. The Labute approximate surface area is 129 Å². The summed E-state index contributed by atoms with van der Waals surface area (Å²) in [7, 11) is 0. The van der Waals surface area contributed by atoms with Crippen molar-refractivity contribution in [1.82, 2.24) is 0 Å². The van der Waals surface area contributed by atoms with Gasteiger partial charge in [-0.2, -0.15) is 0 Å². The lowest BCUT2D eigenvalue weighted by atomic mass is 9.93. The molecule has 0 unspecified atom stereocenters. The van der Waals surface area contributed by atoms with E-state index in [-0.39, 0.29) is 5.60 Å².